The van der Waals surface area contributed by atoms with Crippen LogP contribution in [-0.2, 0) is 15.8 Å². The Hall–Kier alpha value is -2.98. The first-order chi connectivity index (χ1) is 12.1. The van der Waals surface area contributed by atoms with E-state index in [-0.39, 0.29) is 5.75 Å². The first kappa shape index (κ1) is 19.3. The molecule has 2 aliphatic rings. The highest BCUT2D eigenvalue weighted by Gasteiger charge is 2.39. The Bertz CT molecular complexity index is 724. The van der Waals surface area contributed by atoms with E-state index in [1.807, 2.05) is 0 Å². The third kappa shape index (κ3) is 4.35. The van der Waals surface area contributed by atoms with Crippen LogP contribution >= 0.6 is 0 Å². The topological polar surface area (TPSA) is 111 Å². The molecule has 142 valence electrons. The molecular formula is C15H16F3N3O5. The fourth-order valence-electron chi connectivity index (χ4n) is 2.47. The summed E-state index contributed by atoms with van der Waals surface area (Å²) < 4.78 is 44.8. The molecule has 0 radical (unpaired) electrons. The summed E-state index contributed by atoms with van der Waals surface area (Å²) in [5, 5.41) is 17.8. The lowest BCUT2D eigenvalue weighted by atomic mass is 10.1. The Labute approximate surface area is 145 Å². The molecule has 0 aromatic heterocycles. The third-order valence-electron chi connectivity index (χ3n) is 3.60. The van der Waals surface area contributed by atoms with Crippen molar-refractivity contribution in [3.05, 3.63) is 23.8 Å². The molecule has 11 heteroatoms. The van der Waals surface area contributed by atoms with Crippen molar-refractivity contribution in [2.75, 3.05) is 31.6 Å². The number of halogens is 3. The number of ether oxygens (including phenoxy) is 1. The van der Waals surface area contributed by atoms with E-state index >= 15 is 0 Å². The van der Waals surface area contributed by atoms with Crippen molar-refractivity contribution in [1.29, 1.82) is 0 Å². The number of amidine groups is 1. The molecule has 2 aliphatic heterocycles. The number of likely N-dealkylation sites (N-methyl/N-ethyl adjacent to an activating group) is 1. The van der Waals surface area contributed by atoms with Crippen molar-refractivity contribution in [2.45, 2.75) is 12.3 Å². The molecule has 2 heterocycles. The minimum Gasteiger partial charge on any atom is -0.478 e. The fraction of sp³-hybridized carbons (Fsp3) is 0.400. The number of nitrogens with zero attached hydrogens (tertiary/aromatic N) is 2. The van der Waals surface area contributed by atoms with Crippen LogP contribution in [0.4, 0.5) is 18.9 Å². The molecule has 3 N–H and O–H groups in total. The highest BCUT2D eigenvalue weighted by molar-refractivity contribution is 6.27. The SMILES string of the molecule is CN1CC(C2=NCCN2)Oc2c1cccc2C(F)(F)F.O=C(O)C(=O)O. The Morgan fingerprint density at radius 3 is 2.46 bits per heavy atom. The predicted molar refractivity (Wildman–Crippen MR) is 84.7 cm³/mol. The molecule has 1 unspecified atom stereocenters. The quantitative estimate of drug-likeness (QED) is 0.630. The smallest absolute Gasteiger partial charge is 0.420 e. The maximum atomic E-state index is 13.1. The number of hydrogen-bond acceptors (Lipinski definition) is 6. The van der Waals surface area contributed by atoms with Gasteiger partial charge < -0.3 is 25.2 Å². The van der Waals surface area contributed by atoms with Crippen molar-refractivity contribution in [3.8, 4) is 5.75 Å². The molecule has 0 bridgehead atoms. The second kappa shape index (κ2) is 7.50. The van der Waals surface area contributed by atoms with E-state index in [1.54, 1.807) is 18.0 Å². The van der Waals surface area contributed by atoms with Gasteiger partial charge in [0.05, 0.1) is 24.3 Å². The maximum Gasteiger partial charge on any atom is 0.420 e. The predicted octanol–water partition coefficient (Wildman–Crippen LogP) is 1.06. The zero-order chi connectivity index (χ0) is 19.5. The van der Waals surface area contributed by atoms with E-state index in [0.717, 1.165) is 6.07 Å². The Morgan fingerprint density at radius 2 is 1.96 bits per heavy atom. The van der Waals surface area contributed by atoms with Crippen molar-refractivity contribution < 1.29 is 37.7 Å². The largest absolute Gasteiger partial charge is 0.478 e. The van der Waals surface area contributed by atoms with Crippen molar-refractivity contribution >= 4 is 23.5 Å². The fourth-order valence-corrected chi connectivity index (χ4v) is 2.47. The van der Waals surface area contributed by atoms with Gasteiger partial charge in [0.25, 0.3) is 0 Å². The number of para-hydroxylation sites is 1. The molecule has 0 fully saturated rings. The molecule has 1 aromatic carbocycles. The number of carboxylic acid groups (broad SMARTS) is 2. The van der Waals surface area contributed by atoms with E-state index in [1.165, 1.54) is 6.07 Å². The summed E-state index contributed by atoms with van der Waals surface area (Å²) in [6.07, 6.45) is -4.92. The number of carboxylic acids is 2. The molecule has 0 amide bonds. The summed E-state index contributed by atoms with van der Waals surface area (Å²) in [6, 6.07) is 4.07. The van der Waals surface area contributed by atoms with Crippen LogP contribution in [0, 0.1) is 0 Å². The molecular weight excluding hydrogens is 359 g/mol. The van der Waals surface area contributed by atoms with Gasteiger partial charge in [0, 0.05) is 13.6 Å². The summed E-state index contributed by atoms with van der Waals surface area (Å²) in [7, 11) is 1.75. The highest BCUT2D eigenvalue weighted by Crippen LogP contribution is 2.43. The summed E-state index contributed by atoms with van der Waals surface area (Å²) in [4.78, 5) is 24.2. The summed E-state index contributed by atoms with van der Waals surface area (Å²) >= 11 is 0. The molecule has 0 saturated carbocycles. The van der Waals surface area contributed by atoms with Gasteiger partial charge in [-0.1, -0.05) is 6.07 Å². The molecule has 0 spiro atoms. The molecule has 26 heavy (non-hydrogen) atoms. The van der Waals surface area contributed by atoms with Crippen LogP contribution in [0.5, 0.6) is 5.75 Å². The number of fused-ring (bicyclic) bond motifs is 1. The first-order valence-corrected chi connectivity index (χ1v) is 7.43. The van der Waals surface area contributed by atoms with Crippen LogP contribution < -0.4 is 15.0 Å². The van der Waals surface area contributed by atoms with Crippen molar-refractivity contribution in [2.24, 2.45) is 4.99 Å². The lowest BCUT2D eigenvalue weighted by Crippen LogP contribution is -2.47. The minimum atomic E-state index is -4.43. The van der Waals surface area contributed by atoms with E-state index in [2.05, 4.69) is 10.3 Å². The van der Waals surface area contributed by atoms with Crippen molar-refractivity contribution in [1.82, 2.24) is 5.32 Å². The van der Waals surface area contributed by atoms with Crippen LogP contribution in [-0.4, -0.2) is 60.8 Å². The van der Waals surface area contributed by atoms with Gasteiger partial charge in [0.15, 0.2) is 11.9 Å². The van der Waals surface area contributed by atoms with Gasteiger partial charge in [-0.05, 0) is 12.1 Å². The van der Waals surface area contributed by atoms with E-state index in [4.69, 9.17) is 24.5 Å². The van der Waals surface area contributed by atoms with Gasteiger partial charge in [0.1, 0.15) is 5.84 Å². The number of aliphatic carboxylic acids is 2. The van der Waals surface area contributed by atoms with Gasteiger partial charge >= 0.3 is 18.1 Å². The molecule has 8 nitrogen and oxygen atoms in total. The molecule has 1 aromatic rings. The van der Waals surface area contributed by atoms with Crippen LogP contribution in [0.15, 0.2) is 23.2 Å². The average Bonchev–Trinajstić information content (AvgIpc) is 3.08. The second-order valence-corrected chi connectivity index (χ2v) is 5.44. The van der Waals surface area contributed by atoms with Gasteiger partial charge in [-0.25, -0.2) is 9.59 Å². The first-order valence-electron chi connectivity index (χ1n) is 7.43. The number of nitrogens with one attached hydrogen (secondary N) is 1. The lowest BCUT2D eigenvalue weighted by Gasteiger charge is -2.35. The Balaban J connectivity index is 0.000000352. The van der Waals surface area contributed by atoms with E-state index in [9.17, 15) is 13.2 Å². The zero-order valence-electron chi connectivity index (χ0n) is 13.6. The van der Waals surface area contributed by atoms with Crippen LogP contribution in [0.25, 0.3) is 0 Å². The normalized spacial score (nSPS) is 18.5. The molecule has 1 atom stereocenters. The lowest BCUT2D eigenvalue weighted by molar-refractivity contribution is -0.159. The van der Waals surface area contributed by atoms with E-state index < -0.39 is 29.8 Å². The van der Waals surface area contributed by atoms with Crippen molar-refractivity contribution in [3.63, 3.8) is 0 Å². The number of alkyl halides is 3. The number of benzene rings is 1. The standard InChI is InChI=1S/C13H14F3N3O.C2H2O4/c1-19-7-10(12-17-5-6-18-12)20-11-8(13(14,15)16)3-2-4-9(11)19;3-1(4)2(5)6/h2-4,10H,5-7H2,1H3,(H,17,18);(H,3,4)(H,5,6). The Morgan fingerprint density at radius 1 is 1.31 bits per heavy atom. The number of rotatable bonds is 1. The summed E-state index contributed by atoms with van der Waals surface area (Å²) in [5.74, 6) is -3.14. The number of aliphatic imine (C=N–C) groups is 1. The van der Waals surface area contributed by atoms with Gasteiger partial charge in [0.2, 0.25) is 0 Å². The second-order valence-electron chi connectivity index (χ2n) is 5.44. The molecule has 0 saturated heterocycles. The van der Waals surface area contributed by atoms with Gasteiger partial charge in [-0.15, -0.1) is 0 Å². The number of carbonyl (C=O) groups is 2. The monoisotopic (exact) mass is 375 g/mol. The van der Waals surface area contributed by atoms with Crippen LogP contribution in [0.2, 0.25) is 0 Å². The zero-order valence-corrected chi connectivity index (χ0v) is 13.6. The van der Waals surface area contributed by atoms with Gasteiger partial charge in [-0.2, -0.15) is 13.2 Å². The maximum absolute atomic E-state index is 13.1. The highest BCUT2D eigenvalue weighted by atomic mass is 19.4. The average molecular weight is 375 g/mol. The molecule has 3 rings (SSSR count). The van der Waals surface area contributed by atoms with Gasteiger partial charge in [-0.3, -0.25) is 4.99 Å². The third-order valence-corrected chi connectivity index (χ3v) is 3.60. The van der Waals surface area contributed by atoms with Crippen LogP contribution in [0.1, 0.15) is 5.56 Å². The summed E-state index contributed by atoms with van der Waals surface area (Å²) in [5.41, 5.74) is -0.292. The van der Waals surface area contributed by atoms with Crippen LogP contribution in [0.3, 0.4) is 0 Å². The minimum absolute atomic E-state index is 0.116. The van der Waals surface area contributed by atoms with E-state index in [0.29, 0.717) is 31.2 Å². The summed E-state index contributed by atoms with van der Waals surface area (Å²) in [6.45, 7) is 1.81. The number of hydrogen-bond donors (Lipinski definition) is 3. The number of anilines is 1. The molecule has 0 aliphatic carbocycles. The Kier molecular flexibility index (Phi) is 5.58.